The number of amides is 2. The maximum absolute atomic E-state index is 12.9. The molecule has 1 fully saturated rings. The zero-order valence-corrected chi connectivity index (χ0v) is 22.7. The Bertz CT molecular complexity index is 1600. The second-order valence-corrected chi connectivity index (χ2v) is 10.1. The third-order valence-corrected chi connectivity index (χ3v) is 7.40. The lowest BCUT2D eigenvalue weighted by atomic mass is 10.0. The van der Waals surface area contributed by atoms with Gasteiger partial charge in [0.2, 0.25) is 5.91 Å². The molecule has 0 unspecified atom stereocenters. The van der Waals surface area contributed by atoms with E-state index in [-0.39, 0.29) is 17.9 Å². The number of benzene rings is 1. The maximum atomic E-state index is 12.9. The Kier molecular flexibility index (Phi) is 7.34. The van der Waals surface area contributed by atoms with E-state index in [1.807, 2.05) is 17.7 Å². The third-order valence-electron chi connectivity index (χ3n) is 7.08. The first-order valence-electron chi connectivity index (χ1n) is 12.9. The number of pyridine rings is 2. The fourth-order valence-electron chi connectivity index (χ4n) is 5.09. The number of aromatic nitrogens is 4. The molecule has 5 rings (SSSR count). The summed E-state index contributed by atoms with van der Waals surface area (Å²) in [4.78, 5) is 35.7. The number of hydrogen-bond acceptors (Lipinski definition) is 6. The van der Waals surface area contributed by atoms with Gasteiger partial charge in [0.05, 0.1) is 22.0 Å². The van der Waals surface area contributed by atoms with Crippen molar-refractivity contribution in [1.29, 1.82) is 0 Å². The molecule has 0 aliphatic carbocycles. The van der Waals surface area contributed by atoms with Crippen molar-refractivity contribution in [2.24, 2.45) is 0 Å². The van der Waals surface area contributed by atoms with Crippen LogP contribution < -0.4 is 11.1 Å². The van der Waals surface area contributed by atoms with Crippen LogP contribution in [0.25, 0.3) is 22.2 Å². The summed E-state index contributed by atoms with van der Waals surface area (Å²) in [5.41, 5.74) is 10.9. The van der Waals surface area contributed by atoms with Crippen LogP contribution in [0.5, 0.6) is 0 Å². The molecular formula is C29H30ClN7O2. The summed E-state index contributed by atoms with van der Waals surface area (Å²) in [5, 5.41) is 8.90. The molecule has 1 saturated heterocycles. The molecule has 2 amide bonds. The molecule has 3 aromatic heterocycles. The average Bonchev–Trinajstić information content (AvgIpc) is 3.34. The fourth-order valence-corrected chi connectivity index (χ4v) is 5.36. The molecule has 4 heterocycles. The zero-order chi connectivity index (χ0) is 27.7. The van der Waals surface area contributed by atoms with Gasteiger partial charge >= 0.3 is 0 Å². The highest BCUT2D eigenvalue weighted by Gasteiger charge is 2.29. The highest BCUT2D eigenvalue weighted by molar-refractivity contribution is 6.34. The number of hydrogen-bond donors (Lipinski definition) is 2. The van der Waals surface area contributed by atoms with Crippen molar-refractivity contribution in [1.82, 2.24) is 24.6 Å². The highest BCUT2D eigenvalue weighted by Crippen LogP contribution is 2.39. The molecule has 9 nitrogen and oxygen atoms in total. The van der Waals surface area contributed by atoms with E-state index in [0.29, 0.717) is 52.0 Å². The lowest BCUT2D eigenvalue weighted by molar-refractivity contribution is -0.127. The Morgan fingerprint density at radius 1 is 1.26 bits per heavy atom. The second kappa shape index (κ2) is 10.9. The molecule has 4 aromatic rings. The van der Waals surface area contributed by atoms with Crippen molar-refractivity contribution >= 4 is 46.0 Å². The first kappa shape index (κ1) is 26.4. The highest BCUT2D eigenvalue weighted by atomic mass is 35.5. The van der Waals surface area contributed by atoms with Gasteiger partial charge in [-0.25, -0.2) is 9.97 Å². The van der Waals surface area contributed by atoms with Crippen molar-refractivity contribution in [2.75, 3.05) is 24.1 Å². The van der Waals surface area contributed by atoms with Crippen LogP contribution >= 0.6 is 11.6 Å². The van der Waals surface area contributed by atoms with E-state index in [2.05, 4.69) is 28.8 Å². The first-order valence-corrected chi connectivity index (χ1v) is 13.3. The number of nitrogens with zero attached hydrogens (tertiary/aromatic N) is 5. The van der Waals surface area contributed by atoms with Crippen molar-refractivity contribution in [3.8, 4) is 11.3 Å². The summed E-state index contributed by atoms with van der Waals surface area (Å²) in [6, 6.07) is 8.71. The Labute approximate surface area is 231 Å². The molecule has 0 spiro atoms. The maximum Gasteiger partial charge on any atom is 0.256 e. The molecule has 200 valence electrons. The Morgan fingerprint density at radius 3 is 2.79 bits per heavy atom. The van der Waals surface area contributed by atoms with E-state index in [4.69, 9.17) is 22.4 Å². The Hall–Kier alpha value is -4.24. The average molecular weight is 544 g/mol. The molecule has 1 aromatic carbocycles. The number of nitrogens with one attached hydrogen (secondary N) is 1. The summed E-state index contributed by atoms with van der Waals surface area (Å²) >= 11 is 6.77. The van der Waals surface area contributed by atoms with Crippen LogP contribution in [-0.4, -0.2) is 49.6 Å². The number of carbonyl (C=O) groups excluding carboxylic acids is 2. The molecule has 0 saturated carbocycles. The molecule has 0 radical (unpaired) electrons. The van der Waals surface area contributed by atoms with Gasteiger partial charge in [0.25, 0.3) is 5.91 Å². The van der Waals surface area contributed by atoms with Gasteiger partial charge in [-0.2, -0.15) is 5.10 Å². The van der Waals surface area contributed by atoms with Gasteiger partial charge in [-0.05, 0) is 67.7 Å². The number of carbonyl (C=O) groups is 2. The summed E-state index contributed by atoms with van der Waals surface area (Å²) in [5.74, 6) is 0.403. The largest absolute Gasteiger partial charge is 0.383 e. The van der Waals surface area contributed by atoms with Crippen molar-refractivity contribution in [3.05, 3.63) is 77.1 Å². The molecule has 1 atom stereocenters. The lowest BCUT2D eigenvalue weighted by Crippen LogP contribution is -2.40. The van der Waals surface area contributed by atoms with Crippen LogP contribution in [0, 0.1) is 6.92 Å². The number of anilines is 2. The van der Waals surface area contributed by atoms with E-state index < -0.39 is 0 Å². The van der Waals surface area contributed by atoms with E-state index >= 15 is 0 Å². The standard InChI is InChI=1S/C29H30ClN7O2/c1-4-18-15-33-28(31)25-26(35-37(27(18)25)20-7-6-12-36(16-20)24(38)5-2)21-9-8-19(14-22(21)30)29(39)34-23-13-17(3)10-11-32-23/h5,8-11,13-15,20H,2,4,6-7,12,16H2,1,3H3,(H2,31,33)(H,32,34,39)/t20-/m1/s1. The van der Waals surface area contributed by atoms with Crippen molar-refractivity contribution in [3.63, 3.8) is 0 Å². The minimum absolute atomic E-state index is 0.0448. The summed E-state index contributed by atoms with van der Waals surface area (Å²) in [7, 11) is 0. The number of nitrogens with two attached hydrogens (primary N) is 1. The van der Waals surface area contributed by atoms with Gasteiger partial charge in [0.15, 0.2) is 0 Å². The van der Waals surface area contributed by atoms with Crippen molar-refractivity contribution in [2.45, 2.75) is 39.2 Å². The molecule has 39 heavy (non-hydrogen) atoms. The SMILES string of the molecule is C=CC(=O)N1CCC[C@@H](n2nc(-c3ccc(C(=O)Nc4cc(C)ccn4)cc3Cl)c3c(N)ncc(CC)c32)C1. The van der Waals surface area contributed by atoms with Gasteiger partial charge in [-0.1, -0.05) is 31.2 Å². The van der Waals surface area contributed by atoms with Gasteiger partial charge in [-0.3, -0.25) is 14.3 Å². The smallest absolute Gasteiger partial charge is 0.256 e. The summed E-state index contributed by atoms with van der Waals surface area (Å²) < 4.78 is 1.98. The number of fused-ring (bicyclic) bond motifs is 1. The van der Waals surface area contributed by atoms with E-state index in [9.17, 15) is 9.59 Å². The van der Waals surface area contributed by atoms with E-state index in [1.54, 1.807) is 41.6 Å². The Balaban J connectivity index is 1.56. The van der Waals surface area contributed by atoms with Crippen molar-refractivity contribution < 1.29 is 9.59 Å². The number of aryl methyl sites for hydroxylation is 2. The number of likely N-dealkylation sites (tertiary alicyclic amines) is 1. The predicted molar refractivity (Wildman–Crippen MR) is 154 cm³/mol. The molecule has 0 bridgehead atoms. The topological polar surface area (TPSA) is 119 Å². The predicted octanol–water partition coefficient (Wildman–Crippen LogP) is 5.20. The molecular weight excluding hydrogens is 514 g/mol. The number of piperidine rings is 1. The van der Waals surface area contributed by atoms with E-state index in [1.165, 1.54) is 6.08 Å². The minimum Gasteiger partial charge on any atom is -0.383 e. The lowest BCUT2D eigenvalue weighted by Gasteiger charge is -2.32. The monoisotopic (exact) mass is 543 g/mol. The van der Waals surface area contributed by atoms with Crippen LogP contribution in [-0.2, 0) is 11.2 Å². The molecule has 1 aliphatic heterocycles. The zero-order valence-electron chi connectivity index (χ0n) is 21.9. The molecule has 1 aliphatic rings. The van der Waals surface area contributed by atoms with Crippen LogP contribution in [0.2, 0.25) is 5.02 Å². The van der Waals surface area contributed by atoms with Gasteiger partial charge < -0.3 is 16.0 Å². The molecule has 3 N–H and O–H groups in total. The number of halogens is 1. The van der Waals surface area contributed by atoms with Gasteiger partial charge in [0, 0.05) is 36.6 Å². The van der Waals surface area contributed by atoms with Crippen LogP contribution in [0.3, 0.4) is 0 Å². The molecule has 10 heteroatoms. The van der Waals surface area contributed by atoms with Crippen LogP contribution in [0.4, 0.5) is 11.6 Å². The van der Waals surface area contributed by atoms with Gasteiger partial charge in [0.1, 0.15) is 17.3 Å². The van der Waals surface area contributed by atoms with Crippen LogP contribution in [0.15, 0.2) is 55.4 Å². The van der Waals surface area contributed by atoms with Gasteiger partial charge in [-0.15, -0.1) is 0 Å². The quantitative estimate of drug-likeness (QED) is 0.322. The van der Waals surface area contributed by atoms with E-state index in [0.717, 1.165) is 35.9 Å². The third kappa shape index (κ3) is 5.09. The van der Waals surface area contributed by atoms with Crippen LogP contribution in [0.1, 0.15) is 47.3 Å². The summed E-state index contributed by atoms with van der Waals surface area (Å²) in [6.45, 7) is 8.83. The fraction of sp³-hybridized carbons (Fsp3) is 0.276. The number of nitrogen functional groups attached to an aromatic ring is 1. The Morgan fingerprint density at radius 2 is 2.08 bits per heavy atom. The normalized spacial score (nSPS) is 15.4. The number of rotatable bonds is 6. The minimum atomic E-state index is -0.319. The second-order valence-electron chi connectivity index (χ2n) is 9.69. The first-order chi connectivity index (χ1) is 18.8. The summed E-state index contributed by atoms with van der Waals surface area (Å²) in [6.07, 6.45) is 7.22.